The number of hydrogen-bond acceptors (Lipinski definition) is 1. The third-order valence-electron chi connectivity index (χ3n) is 4.52. The topological polar surface area (TPSA) is 12.0 Å². The normalized spacial score (nSPS) is 28.5. The van der Waals surface area contributed by atoms with Crippen LogP contribution in [0.15, 0.2) is 24.3 Å². The predicted octanol–water partition coefficient (Wildman–Crippen LogP) is 3.66. The first kappa shape index (κ1) is 12.6. The van der Waals surface area contributed by atoms with Gasteiger partial charge < -0.3 is 5.32 Å². The number of rotatable bonds is 4. The smallest absolute Gasteiger partial charge is 0.0103 e. The number of nitrogens with one attached hydrogen (secondary N) is 1. The van der Waals surface area contributed by atoms with Crippen LogP contribution in [0.25, 0.3) is 0 Å². The van der Waals surface area contributed by atoms with Crippen LogP contribution in [0.5, 0.6) is 0 Å². The second-order valence-electron chi connectivity index (χ2n) is 5.60. The lowest BCUT2D eigenvalue weighted by Gasteiger charge is -2.35. The van der Waals surface area contributed by atoms with Crippen LogP contribution in [0.4, 0.5) is 0 Å². The van der Waals surface area contributed by atoms with Gasteiger partial charge in [0, 0.05) is 12.0 Å². The summed E-state index contributed by atoms with van der Waals surface area (Å²) >= 11 is 0. The standard InChI is InChI=1S/C16H25N/c1-4-17-12-16(11-5-6-14(16)3)15-9-7-13(2)8-10-15/h7-10,14,17H,4-6,11-12H2,1-3H3. The Morgan fingerprint density at radius 1 is 1.29 bits per heavy atom. The summed E-state index contributed by atoms with van der Waals surface area (Å²) in [7, 11) is 0. The van der Waals surface area contributed by atoms with Gasteiger partial charge in [0.1, 0.15) is 0 Å². The molecule has 1 heteroatoms. The van der Waals surface area contributed by atoms with Crippen molar-refractivity contribution in [3.63, 3.8) is 0 Å². The first-order valence-corrected chi connectivity index (χ1v) is 6.97. The average molecular weight is 231 g/mol. The summed E-state index contributed by atoms with van der Waals surface area (Å²) in [6, 6.07) is 9.20. The molecule has 17 heavy (non-hydrogen) atoms. The third-order valence-corrected chi connectivity index (χ3v) is 4.52. The van der Waals surface area contributed by atoms with Crippen molar-refractivity contribution < 1.29 is 0 Å². The molecule has 0 spiro atoms. The Morgan fingerprint density at radius 3 is 2.53 bits per heavy atom. The van der Waals surface area contributed by atoms with Crippen molar-refractivity contribution in [1.29, 1.82) is 0 Å². The molecule has 2 atom stereocenters. The molecule has 2 rings (SSSR count). The quantitative estimate of drug-likeness (QED) is 0.834. The molecular formula is C16H25N. The minimum Gasteiger partial charge on any atom is -0.316 e. The molecular weight excluding hydrogens is 206 g/mol. The van der Waals surface area contributed by atoms with E-state index in [1.54, 1.807) is 0 Å². The van der Waals surface area contributed by atoms with Crippen LogP contribution in [0.3, 0.4) is 0 Å². The van der Waals surface area contributed by atoms with Gasteiger partial charge in [-0.25, -0.2) is 0 Å². The van der Waals surface area contributed by atoms with Crippen LogP contribution < -0.4 is 5.32 Å². The SMILES string of the molecule is CCNCC1(c2ccc(C)cc2)CCCC1C. The van der Waals surface area contributed by atoms with Gasteiger partial charge in [-0.2, -0.15) is 0 Å². The third kappa shape index (κ3) is 2.40. The van der Waals surface area contributed by atoms with E-state index in [-0.39, 0.29) is 0 Å². The van der Waals surface area contributed by atoms with Crippen molar-refractivity contribution in [3.05, 3.63) is 35.4 Å². The molecule has 1 aliphatic carbocycles. The van der Waals surface area contributed by atoms with E-state index >= 15 is 0 Å². The van der Waals surface area contributed by atoms with Crippen LogP contribution in [0, 0.1) is 12.8 Å². The van der Waals surface area contributed by atoms with Gasteiger partial charge in [-0.1, -0.05) is 50.1 Å². The maximum absolute atomic E-state index is 3.57. The second kappa shape index (κ2) is 5.22. The van der Waals surface area contributed by atoms with Crippen LogP contribution in [-0.4, -0.2) is 13.1 Å². The van der Waals surface area contributed by atoms with Crippen molar-refractivity contribution in [2.24, 2.45) is 5.92 Å². The average Bonchev–Trinajstić information content (AvgIpc) is 2.70. The Kier molecular flexibility index (Phi) is 3.88. The van der Waals surface area contributed by atoms with E-state index in [0.29, 0.717) is 5.41 Å². The van der Waals surface area contributed by atoms with Crippen LogP contribution in [0.2, 0.25) is 0 Å². The molecule has 2 unspecified atom stereocenters. The Balaban J connectivity index is 2.29. The maximum Gasteiger partial charge on any atom is 0.0103 e. The van der Waals surface area contributed by atoms with Crippen molar-refractivity contribution >= 4 is 0 Å². The molecule has 0 amide bonds. The highest BCUT2D eigenvalue weighted by molar-refractivity contribution is 5.31. The van der Waals surface area contributed by atoms with E-state index in [4.69, 9.17) is 0 Å². The monoisotopic (exact) mass is 231 g/mol. The highest BCUT2D eigenvalue weighted by Crippen LogP contribution is 2.45. The largest absolute Gasteiger partial charge is 0.316 e. The zero-order valence-electron chi connectivity index (χ0n) is 11.4. The molecule has 0 saturated heterocycles. The Hall–Kier alpha value is -0.820. The molecule has 1 fully saturated rings. The molecule has 1 aromatic rings. The van der Waals surface area contributed by atoms with Crippen molar-refractivity contribution in [1.82, 2.24) is 5.32 Å². The van der Waals surface area contributed by atoms with Gasteiger partial charge in [-0.05, 0) is 37.8 Å². The van der Waals surface area contributed by atoms with E-state index in [2.05, 4.69) is 50.4 Å². The first-order valence-electron chi connectivity index (χ1n) is 6.97. The molecule has 1 N–H and O–H groups in total. The number of likely N-dealkylation sites (N-methyl/N-ethyl adjacent to an activating group) is 1. The van der Waals surface area contributed by atoms with Gasteiger partial charge in [0.15, 0.2) is 0 Å². The summed E-state index contributed by atoms with van der Waals surface area (Å²) in [5.41, 5.74) is 3.27. The van der Waals surface area contributed by atoms with E-state index < -0.39 is 0 Å². The molecule has 0 radical (unpaired) electrons. The van der Waals surface area contributed by atoms with Gasteiger partial charge in [-0.3, -0.25) is 0 Å². The molecule has 0 heterocycles. The van der Waals surface area contributed by atoms with Crippen LogP contribution >= 0.6 is 0 Å². The van der Waals surface area contributed by atoms with Gasteiger partial charge in [0.05, 0.1) is 0 Å². The fourth-order valence-electron chi connectivity index (χ4n) is 3.27. The van der Waals surface area contributed by atoms with Gasteiger partial charge in [-0.15, -0.1) is 0 Å². The fraction of sp³-hybridized carbons (Fsp3) is 0.625. The van der Waals surface area contributed by atoms with Gasteiger partial charge >= 0.3 is 0 Å². The molecule has 1 saturated carbocycles. The molecule has 1 aliphatic rings. The van der Waals surface area contributed by atoms with Crippen LogP contribution in [0.1, 0.15) is 44.2 Å². The van der Waals surface area contributed by atoms with Crippen molar-refractivity contribution in [3.8, 4) is 0 Å². The summed E-state index contributed by atoms with van der Waals surface area (Å²) in [6.07, 6.45) is 4.09. The number of hydrogen-bond donors (Lipinski definition) is 1. The Bertz CT molecular complexity index is 354. The molecule has 94 valence electrons. The molecule has 1 aromatic carbocycles. The second-order valence-corrected chi connectivity index (χ2v) is 5.60. The van der Waals surface area contributed by atoms with E-state index in [0.717, 1.165) is 19.0 Å². The van der Waals surface area contributed by atoms with Crippen LogP contribution in [-0.2, 0) is 5.41 Å². The maximum atomic E-state index is 3.57. The minimum absolute atomic E-state index is 0.379. The van der Waals surface area contributed by atoms with Gasteiger partial charge in [0.25, 0.3) is 0 Å². The summed E-state index contributed by atoms with van der Waals surface area (Å²) < 4.78 is 0. The summed E-state index contributed by atoms with van der Waals surface area (Å²) in [5.74, 6) is 0.796. The van der Waals surface area contributed by atoms with E-state index in [1.165, 1.54) is 30.4 Å². The lowest BCUT2D eigenvalue weighted by Crippen LogP contribution is -2.40. The lowest BCUT2D eigenvalue weighted by molar-refractivity contribution is 0.320. The van der Waals surface area contributed by atoms with E-state index in [1.807, 2.05) is 0 Å². The molecule has 0 bridgehead atoms. The van der Waals surface area contributed by atoms with E-state index in [9.17, 15) is 0 Å². The highest BCUT2D eigenvalue weighted by Gasteiger charge is 2.40. The zero-order chi connectivity index (χ0) is 12.3. The number of aryl methyl sites for hydroxylation is 1. The Morgan fingerprint density at radius 2 is 2.00 bits per heavy atom. The molecule has 1 nitrogen and oxygen atoms in total. The predicted molar refractivity (Wildman–Crippen MR) is 74.4 cm³/mol. The van der Waals surface area contributed by atoms with Gasteiger partial charge in [0.2, 0.25) is 0 Å². The zero-order valence-corrected chi connectivity index (χ0v) is 11.4. The molecule has 0 aromatic heterocycles. The number of benzene rings is 1. The lowest BCUT2D eigenvalue weighted by atomic mass is 9.72. The highest BCUT2D eigenvalue weighted by atomic mass is 14.9. The molecule has 0 aliphatic heterocycles. The summed E-state index contributed by atoms with van der Waals surface area (Å²) in [4.78, 5) is 0. The van der Waals surface area contributed by atoms with Crippen molar-refractivity contribution in [2.45, 2.75) is 45.4 Å². The Labute approximate surface area is 106 Å². The summed E-state index contributed by atoms with van der Waals surface area (Å²) in [6.45, 7) is 8.99. The van der Waals surface area contributed by atoms with Crippen molar-refractivity contribution in [2.75, 3.05) is 13.1 Å². The summed E-state index contributed by atoms with van der Waals surface area (Å²) in [5, 5.41) is 3.57. The fourth-order valence-corrected chi connectivity index (χ4v) is 3.27. The first-order chi connectivity index (χ1) is 8.19. The minimum atomic E-state index is 0.379.